The molecule has 1 aliphatic heterocycles. The Morgan fingerprint density at radius 2 is 1.50 bits per heavy atom. The molecule has 4 rings (SSSR count). The number of carbonyl (C=O) groups is 2. The molecule has 1 saturated heterocycles. The molecule has 2 amide bonds. The number of carbonyl (C=O) groups excluding carboxylic acids is 2. The Balaban J connectivity index is 1.83. The fourth-order valence-corrected chi connectivity index (χ4v) is 4.93. The number of anilines is 1. The molecule has 0 atom stereocenters. The number of hydrogen-bond donors (Lipinski definition) is 0. The van der Waals surface area contributed by atoms with Crippen molar-refractivity contribution >= 4 is 40.9 Å². The van der Waals surface area contributed by atoms with E-state index >= 15 is 0 Å². The number of aromatic nitrogens is 1. The van der Waals surface area contributed by atoms with E-state index in [2.05, 4.69) is 36.6 Å². The lowest BCUT2D eigenvalue weighted by Crippen LogP contribution is -2.56. The Labute approximate surface area is 206 Å². The van der Waals surface area contributed by atoms with Crippen molar-refractivity contribution < 1.29 is 9.59 Å². The summed E-state index contributed by atoms with van der Waals surface area (Å²) in [4.78, 5) is 30.0. The number of amides is 2. The van der Waals surface area contributed by atoms with Gasteiger partial charge in [0.25, 0.3) is 11.8 Å². The van der Waals surface area contributed by atoms with Crippen molar-refractivity contribution in [2.45, 2.75) is 41.0 Å². The molecular formula is C28H29N3O2S. The molecule has 0 saturated carbocycles. The van der Waals surface area contributed by atoms with Gasteiger partial charge in [0.05, 0.1) is 5.69 Å². The largest absolute Gasteiger partial charge is 0.318 e. The first kappa shape index (κ1) is 23.6. The van der Waals surface area contributed by atoms with E-state index in [1.807, 2.05) is 57.2 Å². The molecule has 1 aromatic heterocycles. The zero-order chi connectivity index (χ0) is 24.6. The Hall–Kier alpha value is -3.51. The number of benzene rings is 2. The minimum Gasteiger partial charge on any atom is -0.318 e. The summed E-state index contributed by atoms with van der Waals surface area (Å²) in [6.45, 7) is 10.6. The number of thiocarbonyl (C=S) groups is 1. The second kappa shape index (κ2) is 9.39. The molecule has 0 bridgehead atoms. The third kappa shape index (κ3) is 4.21. The van der Waals surface area contributed by atoms with Gasteiger partial charge in [-0.2, -0.15) is 0 Å². The Morgan fingerprint density at radius 3 is 2.12 bits per heavy atom. The lowest BCUT2D eigenvalue weighted by molar-refractivity contribution is -0.127. The summed E-state index contributed by atoms with van der Waals surface area (Å²) < 4.78 is 2.16. The van der Waals surface area contributed by atoms with Crippen molar-refractivity contribution in [2.75, 3.05) is 11.4 Å². The van der Waals surface area contributed by atoms with Crippen molar-refractivity contribution in [1.29, 1.82) is 0 Å². The Bertz CT molecular complexity index is 1300. The van der Waals surface area contributed by atoms with Crippen molar-refractivity contribution in [3.8, 4) is 5.69 Å². The van der Waals surface area contributed by atoms with E-state index < -0.39 is 5.91 Å². The van der Waals surface area contributed by atoms with Crippen LogP contribution in [0.3, 0.4) is 0 Å². The monoisotopic (exact) mass is 471 g/mol. The molecule has 0 radical (unpaired) electrons. The molecule has 3 aromatic rings. The van der Waals surface area contributed by atoms with Crippen LogP contribution >= 0.6 is 12.2 Å². The highest BCUT2D eigenvalue weighted by molar-refractivity contribution is 7.80. The molecule has 6 heteroatoms. The summed E-state index contributed by atoms with van der Waals surface area (Å²) in [5.41, 5.74) is 7.04. The van der Waals surface area contributed by atoms with Gasteiger partial charge >= 0.3 is 0 Å². The van der Waals surface area contributed by atoms with Gasteiger partial charge in [-0.15, -0.1) is 0 Å². The molecule has 34 heavy (non-hydrogen) atoms. The Morgan fingerprint density at radius 1 is 0.853 bits per heavy atom. The molecule has 0 unspecified atom stereocenters. The first-order valence-corrected chi connectivity index (χ1v) is 11.9. The van der Waals surface area contributed by atoms with Crippen LogP contribution in [0.15, 0.2) is 60.2 Å². The number of rotatable bonds is 5. The molecule has 5 nitrogen and oxygen atoms in total. The predicted molar refractivity (Wildman–Crippen MR) is 141 cm³/mol. The van der Waals surface area contributed by atoms with Crippen molar-refractivity contribution in [1.82, 2.24) is 9.47 Å². The van der Waals surface area contributed by atoms with E-state index in [0.29, 0.717) is 12.2 Å². The van der Waals surface area contributed by atoms with Gasteiger partial charge < -0.3 is 4.57 Å². The predicted octanol–water partition coefficient (Wildman–Crippen LogP) is 5.66. The van der Waals surface area contributed by atoms with Gasteiger partial charge in [-0.05, 0) is 99.4 Å². The average molecular weight is 472 g/mol. The fourth-order valence-electron chi connectivity index (χ4n) is 4.57. The molecule has 174 valence electrons. The van der Waals surface area contributed by atoms with Crippen molar-refractivity contribution in [3.05, 3.63) is 88.2 Å². The third-order valence-electron chi connectivity index (χ3n) is 6.03. The topological polar surface area (TPSA) is 45.6 Å². The normalized spacial score (nSPS) is 15.6. The number of nitrogens with zero attached hydrogens (tertiary/aromatic N) is 3. The molecule has 2 heterocycles. The van der Waals surface area contributed by atoms with Gasteiger partial charge in [0, 0.05) is 23.6 Å². The maximum atomic E-state index is 13.6. The van der Waals surface area contributed by atoms with E-state index in [1.165, 1.54) is 20.9 Å². The van der Waals surface area contributed by atoms with E-state index in [4.69, 9.17) is 12.2 Å². The van der Waals surface area contributed by atoms with E-state index in [1.54, 1.807) is 6.08 Å². The highest BCUT2D eigenvalue weighted by Gasteiger charge is 2.40. The first-order valence-electron chi connectivity index (χ1n) is 11.5. The lowest BCUT2D eigenvalue weighted by atomic mass is 10.1. The maximum absolute atomic E-state index is 13.6. The van der Waals surface area contributed by atoms with Crippen LogP contribution in [0, 0.1) is 27.7 Å². The van der Waals surface area contributed by atoms with Crippen LogP contribution in [0.2, 0.25) is 0 Å². The standard InChI is InChI=1S/C28H29N3O2S/c1-6-12-29-26(32)25(27(33)31(28(29)34)23-10-8-7-9-11-23)17-22-16-20(4)30(21(22)5)24-14-18(2)13-19(3)15-24/h7-11,13-17H,6,12H2,1-5H3/b25-17+. The van der Waals surface area contributed by atoms with Gasteiger partial charge in [0.15, 0.2) is 5.11 Å². The average Bonchev–Trinajstić information content (AvgIpc) is 3.07. The number of aryl methyl sites for hydroxylation is 3. The zero-order valence-electron chi connectivity index (χ0n) is 20.3. The van der Waals surface area contributed by atoms with Gasteiger partial charge in [0.2, 0.25) is 0 Å². The quantitative estimate of drug-likeness (QED) is 0.274. The molecule has 2 aromatic carbocycles. The van der Waals surface area contributed by atoms with E-state index in [0.717, 1.165) is 29.1 Å². The van der Waals surface area contributed by atoms with Gasteiger partial charge in [-0.1, -0.05) is 31.2 Å². The Kier molecular flexibility index (Phi) is 6.53. The van der Waals surface area contributed by atoms with Crippen LogP contribution < -0.4 is 4.90 Å². The van der Waals surface area contributed by atoms with Crippen LogP contribution in [0.4, 0.5) is 5.69 Å². The lowest BCUT2D eigenvalue weighted by Gasteiger charge is -2.36. The van der Waals surface area contributed by atoms with Crippen LogP contribution in [-0.4, -0.2) is 32.9 Å². The van der Waals surface area contributed by atoms with Crippen LogP contribution in [-0.2, 0) is 9.59 Å². The maximum Gasteiger partial charge on any atom is 0.270 e. The summed E-state index contributed by atoms with van der Waals surface area (Å²) >= 11 is 5.59. The van der Waals surface area contributed by atoms with Crippen LogP contribution in [0.25, 0.3) is 11.8 Å². The van der Waals surface area contributed by atoms with Gasteiger partial charge in [-0.25, -0.2) is 0 Å². The summed E-state index contributed by atoms with van der Waals surface area (Å²) in [5, 5.41) is 0.223. The second-order valence-corrected chi connectivity index (χ2v) is 9.15. The first-order chi connectivity index (χ1) is 16.2. The molecule has 1 aliphatic rings. The highest BCUT2D eigenvalue weighted by atomic mass is 32.1. The van der Waals surface area contributed by atoms with Crippen LogP contribution in [0.1, 0.15) is 41.4 Å². The smallest absolute Gasteiger partial charge is 0.270 e. The molecule has 0 spiro atoms. The number of hydrogen-bond acceptors (Lipinski definition) is 3. The molecule has 1 fully saturated rings. The van der Waals surface area contributed by atoms with Crippen LogP contribution in [0.5, 0.6) is 0 Å². The number of para-hydroxylation sites is 1. The van der Waals surface area contributed by atoms with Gasteiger partial charge in [0.1, 0.15) is 5.57 Å². The van der Waals surface area contributed by atoms with Crippen molar-refractivity contribution in [2.24, 2.45) is 0 Å². The molecule has 0 N–H and O–H groups in total. The summed E-state index contributed by atoms with van der Waals surface area (Å²) in [6, 6.07) is 17.7. The minimum absolute atomic E-state index is 0.117. The van der Waals surface area contributed by atoms with Gasteiger partial charge in [-0.3, -0.25) is 19.4 Å². The summed E-state index contributed by atoms with van der Waals surface area (Å²) in [6.07, 6.45) is 2.45. The fraction of sp³-hybridized carbons (Fsp3) is 0.250. The van der Waals surface area contributed by atoms with E-state index in [9.17, 15) is 9.59 Å². The zero-order valence-corrected chi connectivity index (χ0v) is 21.1. The SMILES string of the molecule is CCCN1C(=O)/C(=C\c2cc(C)n(-c3cc(C)cc(C)c3)c2C)C(=O)N(c2ccccc2)C1=S. The second-order valence-electron chi connectivity index (χ2n) is 8.78. The highest BCUT2D eigenvalue weighted by Crippen LogP contribution is 2.29. The third-order valence-corrected chi connectivity index (χ3v) is 6.43. The van der Waals surface area contributed by atoms with Crippen molar-refractivity contribution in [3.63, 3.8) is 0 Å². The summed E-state index contributed by atoms with van der Waals surface area (Å²) in [5.74, 6) is -0.745. The van der Waals surface area contributed by atoms with E-state index in [-0.39, 0.29) is 16.6 Å². The minimum atomic E-state index is -0.398. The molecule has 0 aliphatic carbocycles. The molecular weight excluding hydrogens is 442 g/mol. The summed E-state index contributed by atoms with van der Waals surface area (Å²) in [7, 11) is 0.